The molecule has 0 radical (unpaired) electrons. The van der Waals surface area contributed by atoms with Gasteiger partial charge in [-0.25, -0.2) is 9.59 Å². The largest absolute Gasteiger partial charge is 0.478 e. The summed E-state index contributed by atoms with van der Waals surface area (Å²) in [5.41, 5.74) is 5.89. The SMILES string of the molecule is CCCCc1ccccc1Cc1ccc(C(=O)O)c(C(=O)O)c1Cc1ccccc1CCCC. The maximum atomic E-state index is 12.3. The molecule has 34 heavy (non-hydrogen) atoms. The van der Waals surface area contributed by atoms with E-state index in [0.29, 0.717) is 18.4 Å². The Morgan fingerprint density at radius 3 is 1.59 bits per heavy atom. The second kappa shape index (κ2) is 12.2. The molecule has 0 aliphatic heterocycles. The zero-order valence-corrected chi connectivity index (χ0v) is 20.1. The van der Waals surface area contributed by atoms with Gasteiger partial charge in [-0.05, 0) is 78.0 Å². The van der Waals surface area contributed by atoms with Crippen molar-refractivity contribution in [3.63, 3.8) is 0 Å². The molecule has 4 nitrogen and oxygen atoms in total. The van der Waals surface area contributed by atoms with Crippen LogP contribution >= 0.6 is 0 Å². The van der Waals surface area contributed by atoms with Gasteiger partial charge < -0.3 is 10.2 Å². The molecule has 0 fully saturated rings. The molecule has 0 bridgehead atoms. The molecule has 0 atom stereocenters. The first-order chi connectivity index (χ1) is 16.5. The van der Waals surface area contributed by atoms with Crippen LogP contribution in [0, 0.1) is 0 Å². The van der Waals surface area contributed by atoms with Crippen LogP contribution in [0.25, 0.3) is 0 Å². The highest BCUT2D eigenvalue weighted by atomic mass is 16.4. The quantitative estimate of drug-likeness (QED) is 0.308. The van der Waals surface area contributed by atoms with Crippen molar-refractivity contribution >= 4 is 11.9 Å². The lowest BCUT2D eigenvalue weighted by molar-refractivity contribution is 0.0650. The van der Waals surface area contributed by atoms with E-state index in [4.69, 9.17) is 0 Å². The Bertz CT molecular complexity index is 1150. The molecule has 0 amide bonds. The van der Waals surface area contributed by atoms with Gasteiger partial charge in [-0.3, -0.25) is 0 Å². The second-order valence-electron chi connectivity index (χ2n) is 8.83. The van der Waals surface area contributed by atoms with Crippen LogP contribution in [0.4, 0.5) is 0 Å². The Balaban J connectivity index is 2.13. The van der Waals surface area contributed by atoms with Crippen LogP contribution in [0.5, 0.6) is 0 Å². The molecule has 3 rings (SSSR count). The van der Waals surface area contributed by atoms with Gasteiger partial charge in [-0.2, -0.15) is 0 Å². The minimum absolute atomic E-state index is 0.0960. The first kappa shape index (κ1) is 25.2. The fraction of sp³-hybridized carbons (Fsp3) is 0.333. The summed E-state index contributed by atoms with van der Waals surface area (Å²) in [6.45, 7) is 4.32. The van der Waals surface area contributed by atoms with Crippen LogP contribution in [0.2, 0.25) is 0 Å². The van der Waals surface area contributed by atoms with Crippen molar-refractivity contribution in [2.75, 3.05) is 0 Å². The van der Waals surface area contributed by atoms with Gasteiger partial charge in [0, 0.05) is 0 Å². The highest BCUT2D eigenvalue weighted by Gasteiger charge is 2.24. The smallest absolute Gasteiger partial charge is 0.336 e. The van der Waals surface area contributed by atoms with E-state index < -0.39 is 11.9 Å². The number of carboxylic acid groups (broad SMARTS) is 2. The number of hydrogen-bond donors (Lipinski definition) is 2. The summed E-state index contributed by atoms with van der Waals surface area (Å²) in [5, 5.41) is 19.8. The molecule has 0 aliphatic carbocycles. The van der Waals surface area contributed by atoms with E-state index in [2.05, 4.69) is 32.0 Å². The molecule has 0 heterocycles. The third-order valence-electron chi connectivity index (χ3n) is 6.44. The highest BCUT2D eigenvalue weighted by molar-refractivity contribution is 6.03. The third-order valence-corrected chi connectivity index (χ3v) is 6.44. The predicted molar refractivity (Wildman–Crippen MR) is 136 cm³/mol. The average molecular weight is 459 g/mol. The van der Waals surface area contributed by atoms with Crippen molar-refractivity contribution < 1.29 is 19.8 Å². The number of benzene rings is 3. The second-order valence-corrected chi connectivity index (χ2v) is 8.83. The van der Waals surface area contributed by atoms with Gasteiger partial charge in [-0.15, -0.1) is 0 Å². The van der Waals surface area contributed by atoms with Crippen LogP contribution in [-0.4, -0.2) is 22.2 Å². The molecule has 0 saturated carbocycles. The molecule has 0 aliphatic rings. The van der Waals surface area contributed by atoms with Crippen molar-refractivity contribution in [1.29, 1.82) is 0 Å². The van der Waals surface area contributed by atoms with Crippen LogP contribution in [0.1, 0.15) is 93.6 Å². The molecule has 4 heteroatoms. The minimum Gasteiger partial charge on any atom is -0.478 e. The van der Waals surface area contributed by atoms with E-state index in [9.17, 15) is 19.8 Å². The Morgan fingerprint density at radius 1 is 0.618 bits per heavy atom. The molecule has 0 aromatic heterocycles. The lowest BCUT2D eigenvalue weighted by Gasteiger charge is -2.18. The summed E-state index contributed by atoms with van der Waals surface area (Å²) in [6, 6.07) is 19.6. The molecule has 0 spiro atoms. The summed E-state index contributed by atoms with van der Waals surface area (Å²) in [5.74, 6) is -2.41. The van der Waals surface area contributed by atoms with E-state index >= 15 is 0 Å². The van der Waals surface area contributed by atoms with E-state index in [-0.39, 0.29) is 11.1 Å². The standard InChI is InChI=1S/C30H34O4/c1-3-5-11-21-13-7-9-15-23(21)19-25-17-18-26(29(31)32)28(30(33)34)27(25)20-24-16-10-8-14-22(24)12-6-4-2/h7-10,13-18H,3-6,11-12,19-20H2,1-2H3,(H,31,32)(H,33,34). The Morgan fingerprint density at radius 2 is 1.12 bits per heavy atom. The van der Waals surface area contributed by atoms with E-state index in [0.717, 1.165) is 55.2 Å². The summed E-state index contributed by atoms with van der Waals surface area (Å²) in [6.07, 6.45) is 7.18. The van der Waals surface area contributed by atoms with E-state index in [1.54, 1.807) is 6.07 Å². The molecule has 3 aromatic rings. The molecule has 2 N–H and O–H groups in total. The van der Waals surface area contributed by atoms with Gasteiger partial charge >= 0.3 is 11.9 Å². The van der Waals surface area contributed by atoms with Gasteiger partial charge in [0.05, 0.1) is 11.1 Å². The number of unbranched alkanes of at least 4 members (excludes halogenated alkanes) is 2. The van der Waals surface area contributed by atoms with E-state index in [1.807, 2.05) is 30.3 Å². The number of rotatable bonds is 12. The lowest BCUT2D eigenvalue weighted by Crippen LogP contribution is -2.15. The lowest BCUT2D eigenvalue weighted by atomic mass is 9.86. The molecular weight excluding hydrogens is 424 g/mol. The minimum atomic E-state index is -1.21. The van der Waals surface area contributed by atoms with Crippen molar-refractivity contribution in [2.45, 2.75) is 65.2 Å². The molecular formula is C30H34O4. The van der Waals surface area contributed by atoms with Crippen LogP contribution in [0.15, 0.2) is 60.7 Å². The molecule has 0 unspecified atom stereocenters. The third kappa shape index (κ3) is 6.13. The first-order valence-corrected chi connectivity index (χ1v) is 12.2. The average Bonchev–Trinajstić information content (AvgIpc) is 2.83. The Kier molecular flexibility index (Phi) is 9.03. The summed E-state index contributed by atoms with van der Waals surface area (Å²) in [4.78, 5) is 24.3. The van der Waals surface area contributed by atoms with Crippen LogP contribution < -0.4 is 0 Å². The highest BCUT2D eigenvalue weighted by Crippen LogP contribution is 2.28. The number of hydrogen-bond acceptors (Lipinski definition) is 2. The van der Waals surface area contributed by atoms with Crippen LogP contribution in [0.3, 0.4) is 0 Å². The van der Waals surface area contributed by atoms with Gasteiger partial charge in [0.2, 0.25) is 0 Å². The van der Waals surface area contributed by atoms with Gasteiger partial charge in [0.15, 0.2) is 0 Å². The number of aryl methyl sites for hydroxylation is 2. The van der Waals surface area contributed by atoms with Gasteiger partial charge in [0.25, 0.3) is 0 Å². The maximum Gasteiger partial charge on any atom is 0.336 e. The normalized spacial score (nSPS) is 10.9. The maximum absolute atomic E-state index is 12.3. The van der Waals surface area contributed by atoms with E-state index in [1.165, 1.54) is 17.2 Å². The van der Waals surface area contributed by atoms with Crippen molar-refractivity contribution in [2.24, 2.45) is 0 Å². The summed E-state index contributed by atoms with van der Waals surface area (Å²) < 4.78 is 0. The van der Waals surface area contributed by atoms with Crippen molar-refractivity contribution in [3.8, 4) is 0 Å². The Labute approximate surface area is 202 Å². The zero-order chi connectivity index (χ0) is 24.5. The fourth-order valence-electron chi connectivity index (χ4n) is 4.56. The van der Waals surface area contributed by atoms with Crippen molar-refractivity contribution in [3.05, 3.63) is 105 Å². The zero-order valence-electron chi connectivity index (χ0n) is 20.1. The van der Waals surface area contributed by atoms with Crippen LogP contribution in [-0.2, 0) is 25.7 Å². The Hall–Kier alpha value is -3.40. The number of carbonyl (C=O) groups is 2. The van der Waals surface area contributed by atoms with Crippen molar-refractivity contribution in [1.82, 2.24) is 0 Å². The molecule has 178 valence electrons. The monoisotopic (exact) mass is 458 g/mol. The molecule has 0 saturated heterocycles. The topological polar surface area (TPSA) is 74.6 Å². The predicted octanol–water partition coefficient (Wildman–Crippen LogP) is 6.95. The first-order valence-electron chi connectivity index (χ1n) is 12.2. The summed E-state index contributed by atoms with van der Waals surface area (Å²) >= 11 is 0. The number of aromatic carboxylic acids is 2. The fourth-order valence-corrected chi connectivity index (χ4v) is 4.56. The number of carboxylic acids is 2. The molecule has 3 aromatic carbocycles. The summed E-state index contributed by atoms with van der Waals surface area (Å²) in [7, 11) is 0. The van der Waals surface area contributed by atoms with Gasteiger partial charge in [-0.1, -0.05) is 81.3 Å². The van der Waals surface area contributed by atoms with Gasteiger partial charge in [0.1, 0.15) is 0 Å².